The highest BCUT2D eigenvalue weighted by Crippen LogP contribution is 2.35. The first kappa shape index (κ1) is 13.2. The Hall–Kier alpha value is -1.75. The Bertz CT molecular complexity index is 512. The van der Waals surface area contributed by atoms with Crippen LogP contribution in [0.25, 0.3) is 0 Å². The molecule has 0 N–H and O–H groups in total. The lowest BCUT2D eigenvalue weighted by molar-refractivity contribution is -0.122. The van der Waals surface area contributed by atoms with Crippen molar-refractivity contribution in [3.05, 3.63) is 18.2 Å². The number of nitrogens with zero attached hydrogens (tertiary/aromatic N) is 2. The monoisotopic (exact) mass is 276 g/mol. The van der Waals surface area contributed by atoms with Crippen LogP contribution in [-0.2, 0) is 9.53 Å². The highest BCUT2D eigenvalue weighted by Gasteiger charge is 2.26. The van der Waals surface area contributed by atoms with Crippen molar-refractivity contribution in [1.82, 2.24) is 0 Å². The minimum atomic E-state index is -0.112. The molecule has 1 aromatic carbocycles. The molecule has 1 saturated heterocycles. The van der Waals surface area contributed by atoms with Gasteiger partial charge in [-0.15, -0.1) is 0 Å². The van der Waals surface area contributed by atoms with Crippen LogP contribution in [-0.4, -0.2) is 45.9 Å². The minimum Gasteiger partial charge on any atom is -0.491 e. The number of anilines is 2. The fourth-order valence-electron chi connectivity index (χ4n) is 2.64. The summed E-state index contributed by atoms with van der Waals surface area (Å²) in [4.78, 5) is 16.2. The van der Waals surface area contributed by atoms with Crippen LogP contribution in [0.5, 0.6) is 5.75 Å². The highest BCUT2D eigenvalue weighted by molar-refractivity contribution is 5.97. The van der Waals surface area contributed by atoms with E-state index in [4.69, 9.17) is 9.47 Å². The molecule has 0 unspecified atom stereocenters. The predicted octanol–water partition coefficient (Wildman–Crippen LogP) is 1.51. The minimum absolute atomic E-state index is 0.0999. The second-order valence-corrected chi connectivity index (χ2v) is 5.36. The van der Waals surface area contributed by atoms with Gasteiger partial charge in [0.05, 0.1) is 31.4 Å². The van der Waals surface area contributed by atoms with Crippen LogP contribution in [0.3, 0.4) is 0 Å². The third-order valence-electron chi connectivity index (χ3n) is 3.92. The topological polar surface area (TPSA) is 42.0 Å². The van der Waals surface area contributed by atoms with Crippen molar-refractivity contribution in [2.75, 3.05) is 49.8 Å². The van der Waals surface area contributed by atoms with Crippen molar-refractivity contribution >= 4 is 17.3 Å². The van der Waals surface area contributed by atoms with E-state index in [1.54, 1.807) is 4.90 Å². The summed E-state index contributed by atoms with van der Waals surface area (Å²) in [6.45, 7) is 5.60. The molecule has 2 aliphatic heterocycles. The summed E-state index contributed by atoms with van der Waals surface area (Å²) in [6.07, 6.45) is 0. The molecule has 3 rings (SSSR count). The molecule has 0 aromatic heterocycles. The van der Waals surface area contributed by atoms with Crippen molar-refractivity contribution in [3.8, 4) is 5.75 Å². The molecule has 2 aliphatic rings. The molecule has 108 valence electrons. The van der Waals surface area contributed by atoms with Crippen molar-refractivity contribution in [1.29, 1.82) is 0 Å². The first-order valence-electron chi connectivity index (χ1n) is 7.04. The Balaban J connectivity index is 1.93. The number of carbonyl (C=O) groups excluding carboxylic acids is 1. The third kappa shape index (κ3) is 2.33. The molecule has 5 nitrogen and oxygen atoms in total. The summed E-state index contributed by atoms with van der Waals surface area (Å²) in [7, 11) is 1.81. The molecule has 0 spiro atoms. The number of rotatable bonds is 1. The highest BCUT2D eigenvalue weighted by atomic mass is 16.5. The Morgan fingerprint density at radius 2 is 2.00 bits per heavy atom. The van der Waals surface area contributed by atoms with Crippen molar-refractivity contribution in [3.63, 3.8) is 0 Å². The lowest BCUT2D eigenvalue weighted by Crippen LogP contribution is -2.36. The number of ether oxygens (including phenoxy) is 2. The zero-order valence-corrected chi connectivity index (χ0v) is 12.0. The van der Waals surface area contributed by atoms with E-state index >= 15 is 0 Å². The fraction of sp³-hybridized carbons (Fsp3) is 0.533. The van der Waals surface area contributed by atoms with Gasteiger partial charge < -0.3 is 19.3 Å². The summed E-state index contributed by atoms with van der Waals surface area (Å²) in [5.41, 5.74) is 1.97. The number of hydrogen-bond donors (Lipinski definition) is 0. The Labute approximate surface area is 119 Å². The number of benzene rings is 1. The van der Waals surface area contributed by atoms with E-state index in [0.29, 0.717) is 6.61 Å². The molecule has 2 heterocycles. The lowest BCUT2D eigenvalue weighted by atomic mass is 10.1. The molecular weight excluding hydrogens is 256 g/mol. The number of amides is 1. The zero-order chi connectivity index (χ0) is 14.1. The van der Waals surface area contributed by atoms with E-state index in [2.05, 4.69) is 11.0 Å². The van der Waals surface area contributed by atoms with Gasteiger partial charge in [0.1, 0.15) is 5.75 Å². The van der Waals surface area contributed by atoms with Crippen LogP contribution in [0.15, 0.2) is 18.2 Å². The zero-order valence-electron chi connectivity index (χ0n) is 12.0. The maximum Gasteiger partial charge on any atom is 0.233 e. The molecule has 0 bridgehead atoms. The van der Waals surface area contributed by atoms with Gasteiger partial charge in [-0.1, -0.05) is 6.92 Å². The Morgan fingerprint density at radius 3 is 2.75 bits per heavy atom. The van der Waals surface area contributed by atoms with Gasteiger partial charge in [-0.3, -0.25) is 4.79 Å². The molecule has 1 amide bonds. The molecule has 1 aromatic rings. The van der Waals surface area contributed by atoms with E-state index in [1.165, 1.54) is 0 Å². The number of carbonyl (C=O) groups is 1. The van der Waals surface area contributed by atoms with Gasteiger partial charge in [0.2, 0.25) is 5.91 Å². The molecule has 0 aliphatic carbocycles. The van der Waals surface area contributed by atoms with E-state index < -0.39 is 0 Å². The average molecular weight is 276 g/mol. The normalized spacial score (nSPS) is 23.1. The van der Waals surface area contributed by atoms with Gasteiger partial charge in [0, 0.05) is 25.8 Å². The van der Waals surface area contributed by atoms with Crippen LogP contribution in [0, 0.1) is 5.92 Å². The molecule has 5 heteroatoms. The molecule has 0 radical (unpaired) electrons. The number of morpholine rings is 1. The van der Waals surface area contributed by atoms with Gasteiger partial charge in [-0.25, -0.2) is 0 Å². The third-order valence-corrected chi connectivity index (χ3v) is 3.92. The van der Waals surface area contributed by atoms with E-state index in [1.807, 2.05) is 26.1 Å². The predicted molar refractivity (Wildman–Crippen MR) is 77.5 cm³/mol. The van der Waals surface area contributed by atoms with Gasteiger partial charge in [-0.2, -0.15) is 0 Å². The molecule has 1 atom stereocenters. The standard InChI is InChI=1S/C15H20N2O3/c1-11-10-20-14-4-3-12(17-5-7-19-8-6-17)9-13(14)16(2)15(11)18/h3-4,9,11H,5-8,10H2,1-2H3/t11-/m0/s1. The van der Waals surface area contributed by atoms with Crippen molar-refractivity contribution in [2.45, 2.75) is 6.92 Å². The van der Waals surface area contributed by atoms with Crippen molar-refractivity contribution < 1.29 is 14.3 Å². The molecule has 20 heavy (non-hydrogen) atoms. The van der Waals surface area contributed by atoms with E-state index in [0.717, 1.165) is 43.4 Å². The van der Waals surface area contributed by atoms with Crippen LogP contribution in [0.1, 0.15) is 6.92 Å². The second kappa shape index (κ2) is 5.32. The second-order valence-electron chi connectivity index (χ2n) is 5.36. The Kier molecular flexibility index (Phi) is 3.53. The molecule has 0 saturated carbocycles. The molecular formula is C15H20N2O3. The first-order valence-corrected chi connectivity index (χ1v) is 7.04. The van der Waals surface area contributed by atoms with Crippen molar-refractivity contribution in [2.24, 2.45) is 5.92 Å². The summed E-state index contributed by atoms with van der Waals surface area (Å²) in [5, 5.41) is 0. The first-order chi connectivity index (χ1) is 9.66. The van der Waals surface area contributed by atoms with Crippen LogP contribution >= 0.6 is 0 Å². The van der Waals surface area contributed by atoms with Crippen LogP contribution in [0.4, 0.5) is 11.4 Å². The lowest BCUT2D eigenvalue weighted by Gasteiger charge is -2.30. The maximum absolute atomic E-state index is 12.2. The van der Waals surface area contributed by atoms with Gasteiger partial charge in [0.25, 0.3) is 0 Å². The van der Waals surface area contributed by atoms with E-state index in [-0.39, 0.29) is 11.8 Å². The maximum atomic E-state index is 12.2. The SMILES string of the molecule is C[C@H]1COc2ccc(N3CCOCC3)cc2N(C)C1=O. The van der Waals surface area contributed by atoms with Crippen LogP contribution in [0.2, 0.25) is 0 Å². The van der Waals surface area contributed by atoms with E-state index in [9.17, 15) is 4.79 Å². The van der Waals surface area contributed by atoms with Gasteiger partial charge in [-0.05, 0) is 18.2 Å². The number of hydrogen-bond acceptors (Lipinski definition) is 4. The average Bonchev–Trinajstić information content (AvgIpc) is 2.61. The van der Waals surface area contributed by atoms with Gasteiger partial charge in [0.15, 0.2) is 0 Å². The summed E-state index contributed by atoms with van der Waals surface area (Å²) < 4.78 is 11.1. The largest absolute Gasteiger partial charge is 0.491 e. The fourth-order valence-corrected chi connectivity index (χ4v) is 2.64. The number of fused-ring (bicyclic) bond motifs is 1. The summed E-state index contributed by atoms with van der Waals surface area (Å²) in [6, 6.07) is 6.05. The quantitative estimate of drug-likeness (QED) is 0.780. The smallest absolute Gasteiger partial charge is 0.233 e. The van der Waals surface area contributed by atoms with Crippen LogP contribution < -0.4 is 14.5 Å². The summed E-state index contributed by atoms with van der Waals surface area (Å²) in [5.74, 6) is 0.768. The van der Waals surface area contributed by atoms with Gasteiger partial charge >= 0.3 is 0 Å². The Morgan fingerprint density at radius 1 is 1.25 bits per heavy atom. The summed E-state index contributed by atoms with van der Waals surface area (Å²) >= 11 is 0. The molecule has 1 fully saturated rings.